The Morgan fingerprint density at radius 1 is 1.08 bits per heavy atom. The summed E-state index contributed by atoms with van der Waals surface area (Å²) in [6, 6.07) is 10.8. The molecule has 130 valence electrons. The van der Waals surface area contributed by atoms with Crippen LogP contribution in [-0.4, -0.2) is 32.3 Å². The molecule has 1 aromatic heterocycles. The number of hydrogen-bond acceptors (Lipinski definition) is 5. The van der Waals surface area contributed by atoms with Crippen molar-refractivity contribution < 1.29 is 9.15 Å². The summed E-state index contributed by atoms with van der Waals surface area (Å²) in [4.78, 5) is 2.40. The smallest absolute Gasteiger partial charge is 0.230 e. The summed E-state index contributed by atoms with van der Waals surface area (Å²) in [7, 11) is 0. The molecule has 2 aromatic rings. The lowest BCUT2D eigenvalue weighted by Gasteiger charge is -2.35. The normalized spacial score (nSPS) is 22.2. The molecule has 2 heterocycles. The third kappa shape index (κ3) is 3.84. The van der Waals surface area contributed by atoms with Crippen molar-refractivity contribution >= 4 is 0 Å². The van der Waals surface area contributed by atoms with Crippen LogP contribution in [0, 0.1) is 6.92 Å². The minimum absolute atomic E-state index is 0.131. The first kappa shape index (κ1) is 17.1. The van der Waals surface area contributed by atoms with Gasteiger partial charge in [-0.15, -0.1) is 10.2 Å². The van der Waals surface area contributed by atoms with Crippen LogP contribution < -0.4 is 0 Å². The van der Waals surface area contributed by atoms with E-state index in [1.165, 1.54) is 5.56 Å². The molecule has 5 nitrogen and oxygen atoms in total. The molecule has 1 aliphatic heterocycles. The van der Waals surface area contributed by atoms with Gasteiger partial charge < -0.3 is 9.15 Å². The predicted octanol–water partition coefficient (Wildman–Crippen LogP) is 3.73. The number of rotatable bonds is 5. The van der Waals surface area contributed by atoms with Crippen LogP contribution in [0.1, 0.15) is 51.5 Å². The zero-order valence-electron chi connectivity index (χ0n) is 15.2. The highest BCUT2D eigenvalue weighted by molar-refractivity contribution is 5.15. The Kier molecular flexibility index (Phi) is 4.49. The number of aryl methyl sites for hydroxylation is 1. The first-order valence-corrected chi connectivity index (χ1v) is 8.52. The van der Waals surface area contributed by atoms with Gasteiger partial charge in [-0.05, 0) is 39.7 Å². The Hall–Kier alpha value is -1.72. The maximum absolute atomic E-state index is 6.30. The van der Waals surface area contributed by atoms with Gasteiger partial charge in [0.15, 0.2) is 0 Å². The van der Waals surface area contributed by atoms with Gasteiger partial charge in [0, 0.05) is 19.5 Å². The second-order valence-electron chi connectivity index (χ2n) is 7.79. The van der Waals surface area contributed by atoms with Gasteiger partial charge in [0.25, 0.3) is 0 Å². The summed E-state index contributed by atoms with van der Waals surface area (Å²) < 4.78 is 11.9. The maximum atomic E-state index is 6.30. The molecule has 0 spiro atoms. The number of benzene rings is 1. The molecule has 24 heavy (non-hydrogen) atoms. The van der Waals surface area contributed by atoms with E-state index < -0.39 is 0 Å². The molecule has 0 bridgehead atoms. The largest absolute Gasteiger partial charge is 0.424 e. The van der Waals surface area contributed by atoms with E-state index in [9.17, 15) is 0 Å². The van der Waals surface area contributed by atoms with Crippen molar-refractivity contribution in [2.75, 3.05) is 0 Å². The number of aromatic nitrogens is 2. The molecule has 0 saturated carbocycles. The average Bonchev–Trinajstić information content (AvgIpc) is 2.98. The molecule has 0 amide bonds. The average molecular weight is 329 g/mol. The highest BCUT2D eigenvalue weighted by atomic mass is 16.5. The van der Waals surface area contributed by atoms with Gasteiger partial charge in [-0.25, -0.2) is 0 Å². The molecule has 3 rings (SSSR count). The molecule has 0 N–H and O–H groups in total. The summed E-state index contributed by atoms with van der Waals surface area (Å²) in [5.74, 6) is 1.26. The summed E-state index contributed by atoms with van der Waals surface area (Å²) in [5, 5.41) is 8.15. The Morgan fingerprint density at radius 2 is 1.79 bits per heavy atom. The van der Waals surface area contributed by atoms with Gasteiger partial charge in [-0.3, -0.25) is 4.90 Å². The molecule has 0 aliphatic carbocycles. The van der Waals surface area contributed by atoms with Crippen LogP contribution in [0.3, 0.4) is 0 Å². The van der Waals surface area contributed by atoms with Crippen molar-refractivity contribution in [3.05, 3.63) is 47.7 Å². The van der Waals surface area contributed by atoms with E-state index >= 15 is 0 Å². The van der Waals surface area contributed by atoms with Crippen molar-refractivity contribution in [1.82, 2.24) is 15.1 Å². The first-order valence-electron chi connectivity index (χ1n) is 8.52. The number of hydrogen-bond donors (Lipinski definition) is 0. The topological polar surface area (TPSA) is 51.4 Å². The van der Waals surface area contributed by atoms with E-state index in [0.717, 1.165) is 13.0 Å². The lowest BCUT2D eigenvalue weighted by Crippen LogP contribution is -2.45. The monoisotopic (exact) mass is 329 g/mol. The number of nitrogens with zero attached hydrogens (tertiary/aromatic N) is 3. The summed E-state index contributed by atoms with van der Waals surface area (Å²) in [6.45, 7) is 11.9. The first-order chi connectivity index (χ1) is 11.3. The fraction of sp³-hybridized carbons (Fsp3) is 0.579. The van der Waals surface area contributed by atoms with Gasteiger partial charge in [-0.1, -0.05) is 30.3 Å². The van der Waals surface area contributed by atoms with Gasteiger partial charge >= 0.3 is 0 Å². The summed E-state index contributed by atoms with van der Waals surface area (Å²) in [6.07, 6.45) is 0.972. The third-order valence-electron chi connectivity index (χ3n) is 4.60. The molecule has 1 atom stereocenters. The van der Waals surface area contributed by atoms with E-state index in [1.807, 2.05) is 13.0 Å². The van der Waals surface area contributed by atoms with Crippen molar-refractivity contribution in [3.8, 4) is 0 Å². The van der Waals surface area contributed by atoms with Gasteiger partial charge in [0.05, 0.1) is 17.7 Å². The highest BCUT2D eigenvalue weighted by Crippen LogP contribution is 2.41. The van der Waals surface area contributed by atoms with Crippen LogP contribution >= 0.6 is 0 Å². The lowest BCUT2D eigenvalue weighted by molar-refractivity contribution is -0.0826. The Bertz CT molecular complexity index is 679. The summed E-state index contributed by atoms with van der Waals surface area (Å²) in [5.41, 5.74) is 0.913. The molecule has 1 aromatic carbocycles. The maximum Gasteiger partial charge on any atom is 0.230 e. The minimum atomic E-state index is -0.229. The predicted molar refractivity (Wildman–Crippen MR) is 92.4 cm³/mol. The quantitative estimate of drug-likeness (QED) is 0.836. The molecule has 1 fully saturated rings. The Morgan fingerprint density at radius 3 is 2.33 bits per heavy atom. The van der Waals surface area contributed by atoms with Gasteiger partial charge in [-0.2, -0.15) is 0 Å². The minimum Gasteiger partial charge on any atom is -0.424 e. The second-order valence-corrected chi connectivity index (χ2v) is 7.79. The molecular formula is C19H27N3O2. The SMILES string of the molecule is Cc1nnc(CN(Cc2ccccc2)[C@H]2CC(C)(C)OC2(C)C)o1. The van der Waals surface area contributed by atoms with Crippen LogP contribution in [0.2, 0.25) is 0 Å². The Labute approximate surface area is 144 Å². The zero-order valence-corrected chi connectivity index (χ0v) is 15.2. The second kappa shape index (κ2) is 6.30. The van der Waals surface area contributed by atoms with Gasteiger partial charge in [0.2, 0.25) is 11.8 Å². The molecule has 0 radical (unpaired) electrons. The standard InChI is InChI=1S/C19H27N3O2/c1-14-20-21-17(23-14)13-22(12-15-9-7-6-8-10-15)16-11-18(2,3)24-19(16,4)5/h6-10,16H,11-13H2,1-5H3/t16-/m0/s1. The fourth-order valence-corrected chi connectivity index (χ4v) is 3.77. The molecule has 0 unspecified atom stereocenters. The van der Waals surface area contributed by atoms with Gasteiger partial charge in [0.1, 0.15) is 0 Å². The van der Waals surface area contributed by atoms with E-state index in [-0.39, 0.29) is 17.2 Å². The zero-order chi connectivity index (χ0) is 17.4. The lowest BCUT2D eigenvalue weighted by atomic mass is 9.92. The van der Waals surface area contributed by atoms with Crippen LogP contribution in [0.5, 0.6) is 0 Å². The highest BCUT2D eigenvalue weighted by Gasteiger charge is 2.48. The van der Waals surface area contributed by atoms with Crippen molar-refractivity contribution in [1.29, 1.82) is 0 Å². The molecule has 1 saturated heterocycles. The van der Waals surface area contributed by atoms with Crippen molar-refractivity contribution in [2.24, 2.45) is 0 Å². The summed E-state index contributed by atoms with van der Waals surface area (Å²) >= 11 is 0. The van der Waals surface area contributed by atoms with Crippen LogP contribution in [0.15, 0.2) is 34.7 Å². The molecule has 5 heteroatoms. The van der Waals surface area contributed by atoms with Crippen LogP contribution in [0.4, 0.5) is 0 Å². The van der Waals surface area contributed by atoms with E-state index in [4.69, 9.17) is 9.15 Å². The number of ether oxygens (including phenoxy) is 1. The fourth-order valence-electron chi connectivity index (χ4n) is 3.77. The van der Waals surface area contributed by atoms with E-state index in [0.29, 0.717) is 18.3 Å². The molecular weight excluding hydrogens is 302 g/mol. The van der Waals surface area contributed by atoms with Crippen LogP contribution in [-0.2, 0) is 17.8 Å². The van der Waals surface area contributed by atoms with Crippen molar-refractivity contribution in [3.63, 3.8) is 0 Å². The van der Waals surface area contributed by atoms with Crippen LogP contribution in [0.25, 0.3) is 0 Å². The molecule has 1 aliphatic rings. The third-order valence-corrected chi connectivity index (χ3v) is 4.60. The van der Waals surface area contributed by atoms with Crippen molar-refractivity contribution in [2.45, 2.75) is 71.4 Å². The Balaban J connectivity index is 1.86. The van der Waals surface area contributed by atoms with E-state index in [2.05, 4.69) is 67.1 Å². The van der Waals surface area contributed by atoms with E-state index in [1.54, 1.807) is 0 Å².